The van der Waals surface area contributed by atoms with Crippen LogP contribution in [0.15, 0.2) is 12.1 Å². The number of aryl methyl sites for hydroxylation is 2. The zero-order chi connectivity index (χ0) is 13.3. The van der Waals surface area contributed by atoms with E-state index in [4.69, 9.17) is 22.1 Å². The van der Waals surface area contributed by atoms with E-state index in [2.05, 4.69) is 9.97 Å². The molecule has 0 bridgehead atoms. The van der Waals surface area contributed by atoms with E-state index in [0.29, 0.717) is 23.2 Å². The van der Waals surface area contributed by atoms with Crippen LogP contribution in [0, 0.1) is 13.8 Å². The molecule has 0 radical (unpaired) electrons. The third-order valence-electron chi connectivity index (χ3n) is 2.97. The van der Waals surface area contributed by atoms with Crippen molar-refractivity contribution in [2.45, 2.75) is 20.4 Å². The normalized spacial score (nSPS) is 10.7. The second kappa shape index (κ2) is 5.00. The van der Waals surface area contributed by atoms with Crippen LogP contribution < -0.4 is 10.5 Å². The van der Waals surface area contributed by atoms with Gasteiger partial charge >= 0.3 is 0 Å². The van der Waals surface area contributed by atoms with Gasteiger partial charge < -0.3 is 15.5 Å². The number of nitrogens with one attached hydrogen (secondary N) is 1. The van der Waals surface area contributed by atoms with Crippen LogP contribution in [0.1, 0.15) is 17.0 Å². The molecular formula is C13H16ClN3O. The van der Waals surface area contributed by atoms with Crippen LogP contribution in [-0.2, 0) is 6.54 Å². The van der Waals surface area contributed by atoms with Crippen LogP contribution in [0.5, 0.6) is 5.75 Å². The van der Waals surface area contributed by atoms with Crippen molar-refractivity contribution in [2.75, 3.05) is 7.11 Å². The molecule has 0 unspecified atom stereocenters. The molecule has 2 aromatic rings. The number of rotatable bonds is 3. The Balaban J connectivity index is 2.61. The van der Waals surface area contributed by atoms with E-state index in [1.54, 1.807) is 7.11 Å². The van der Waals surface area contributed by atoms with Crippen LogP contribution in [0.2, 0.25) is 5.15 Å². The molecule has 0 saturated heterocycles. The SMILES string of the molecule is COc1cc(C)c(C)cc1-c1nc(CN)[nH]c1Cl. The van der Waals surface area contributed by atoms with Crippen molar-refractivity contribution < 1.29 is 4.74 Å². The number of aromatic amines is 1. The van der Waals surface area contributed by atoms with Crippen molar-refractivity contribution in [3.8, 4) is 17.0 Å². The molecule has 0 saturated carbocycles. The number of methoxy groups -OCH3 is 1. The molecule has 0 spiro atoms. The van der Waals surface area contributed by atoms with Crippen molar-refractivity contribution in [3.63, 3.8) is 0 Å². The van der Waals surface area contributed by atoms with Gasteiger partial charge in [-0.05, 0) is 37.1 Å². The molecule has 0 aliphatic carbocycles. The standard InChI is InChI=1S/C13H16ClN3O/c1-7-4-9(10(18-3)5-8(7)2)12-13(14)17-11(6-15)16-12/h4-5H,6,15H2,1-3H3,(H,16,17). The Hall–Kier alpha value is -1.52. The first-order valence-corrected chi connectivity index (χ1v) is 6.04. The summed E-state index contributed by atoms with van der Waals surface area (Å²) in [7, 11) is 1.64. The molecule has 1 aromatic heterocycles. The van der Waals surface area contributed by atoms with Gasteiger partial charge in [-0.2, -0.15) is 0 Å². The number of hydrogen-bond donors (Lipinski definition) is 2. The predicted molar refractivity (Wildman–Crippen MR) is 73.0 cm³/mol. The summed E-state index contributed by atoms with van der Waals surface area (Å²) in [5.41, 5.74) is 9.44. The first-order chi connectivity index (χ1) is 8.56. The largest absolute Gasteiger partial charge is 0.496 e. The minimum atomic E-state index is 0.326. The number of imidazole rings is 1. The molecule has 96 valence electrons. The molecule has 3 N–H and O–H groups in total. The van der Waals surface area contributed by atoms with Crippen molar-refractivity contribution in [3.05, 3.63) is 34.2 Å². The summed E-state index contributed by atoms with van der Waals surface area (Å²) in [5, 5.41) is 0.483. The highest BCUT2D eigenvalue weighted by Crippen LogP contribution is 2.35. The van der Waals surface area contributed by atoms with Gasteiger partial charge in [-0.15, -0.1) is 0 Å². The van der Waals surface area contributed by atoms with E-state index in [9.17, 15) is 0 Å². The maximum Gasteiger partial charge on any atom is 0.134 e. The lowest BCUT2D eigenvalue weighted by atomic mass is 10.0. The topological polar surface area (TPSA) is 63.9 Å². The van der Waals surface area contributed by atoms with E-state index >= 15 is 0 Å². The number of H-pyrrole nitrogens is 1. The lowest BCUT2D eigenvalue weighted by molar-refractivity contribution is 0.416. The number of hydrogen-bond acceptors (Lipinski definition) is 3. The molecule has 5 heteroatoms. The number of aromatic nitrogens is 2. The summed E-state index contributed by atoms with van der Waals surface area (Å²) in [4.78, 5) is 7.34. The molecule has 0 aliphatic heterocycles. The zero-order valence-electron chi connectivity index (χ0n) is 10.7. The number of nitrogens with two attached hydrogens (primary N) is 1. The first kappa shape index (κ1) is 12.9. The first-order valence-electron chi connectivity index (χ1n) is 5.67. The molecule has 1 aromatic carbocycles. The van der Waals surface area contributed by atoms with Crippen LogP contribution in [0.3, 0.4) is 0 Å². The smallest absolute Gasteiger partial charge is 0.134 e. The Labute approximate surface area is 111 Å². The number of nitrogens with zero attached hydrogens (tertiary/aromatic N) is 1. The lowest BCUT2D eigenvalue weighted by Crippen LogP contribution is -1.98. The molecule has 4 nitrogen and oxygen atoms in total. The second-order valence-corrected chi connectivity index (χ2v) is 4.56. The fourth-order valence-electron chi connectivity index (χ4n) is 1.82. The van der Waals surface area contributed by atoms with Gasteiger partial charge in [-0.1, -0.05) is 11.6 Å². The van der Waals surface area contributed by atoms with Crippen molar-refractivity contribution in [2.24, 2.45) is 5.73 Å². The molecule has 0 amide bonds. The van der Waals surface area contributed by atoms with Gasteiger partial charge in [0.25, 0.3) is 0 Å². The minimum absolute atomic E-state index is 0.326. The van der Waals surface area contributed by atoms with Crippen molar-refractivity contribution in [1.29, 1.82) is 0 Å². The summed E-state index contributed by atoms with van der Waals surface area (Å²) in [5.74, 6) is 1.42. The average molecular weight is 266 g/mol. The molecule has 2 rings (SSSR count). The Morgan fingerprint density at radius 3 is 2.56 bits per heavy atom. The van der Waals surface area contributed by atoms with E-state index in [-0.39, 0.29) is 0 Å². The molecule has 0 fully saturated rings. The molecule has 18 heavy (non-hydrogen) atoms. The van der Waals surface area contributed by atoms with Crippen molar-refractivity contribution >= 4 is 11.6 Å². The van der Waals surface area contributed by atoms with Gasteiger partial charge in [0, 0.05) is 5.56 Å². The highest BCUT2D eigenvalue weighted by atomic mass is 35.5. The van der Waals surface area contributed by atoms with E-state index < -0.39 is 0 Å². The van der Waals surface area contributed by atoms with Gasteiger partial charge in [0.15, 0.2) is 0 Å². The molecule has 1 heterocycles. The summed E-state index contributed by atoms with van der Waals surface area (Å²) in [6.07, 6.45) is 0. The predicted octanol–water partition coefficient (Wildman–Crippen LogP) is 2.81. The van der Waals surface area contributed by atoms with Crippen molar-refractivity contribution in [1.82, 2.24) is 9.97 Å². The third-order valence-corrected chi connectivity index (χ3v) is 3.25. The Morgan fingerprint density at radius 1 is 1.33 bits per heavy atom. The van der Waals surface area contributed by atoms with E-state index in [1.807, 2.05) is 26.0 Å². The number of ether oxygens (including phenoxy) is 1. The number of halogens is 1. The monoisotopic (exact) mass is 265 g/mol. The van der Waals surface area contributed by atoms with Crippen LogP contribution >= 0.6 is 11.6 Å². The van der Waals surface area contributed by atoms with Gasteiger partial charge in [0.05, 0.1) is 13.7 Å². The fraction of sp³-hybridized carbons (Fsp3) is 0.308. The summed E-state index contributed by atoms with van der Waals surface area (Å²) in [6, 6.07) is 4.01. The Kier molecular flexibility index (Phi) is 3.59. The van der Waals surface area contributed by atoms with Crippen LogP contribution in [0.25, 0.3) is 11.3 Å². The number of benzene rings is 1. The van der Waals surface area contributed by atoms with Crippen LogP contribution in [0.4, 0.5) is 0 Å². The van der Waals surface area contributed by atoms with Gasteiger partial charge in [-0.25, -0.2) is 4.98 Å². The maximum absolute atomic E-state index is 6.15. The second-order valence-electron chi connectivity index (χ2n) is 4.19. The van der Waals surface area contributed by atoms with Gasteiger partial charge in [0.2, 0.25) is 0 Å². The average Bonchev–Trinajstić information content (AvgIpc) is 2.73. The zero-order valence-corrected chi connectivity index (χ0v) is 11.4. The minimum Gasteiger partial charge on any atom is -0.496 e. The molecule has 0 aliphatic rings. The Bertz CT molecular complexity index is 578. The van der Waals surface area contributed by atoms with E-state index in [1.165, 1.54) is 11.1 Å². The third kappa shape index (κ3) is 2.21. The van der Waals surface area contributed by atoms with Gasteiger partial charge in [0.1, 0.15) is 22.4 Å². The summed E-state index contributed by atoms with van der Waals surface area (Å²) < 4.78 is 5.39. The fourth-order valence-corrected chi connectivity index (χ4v) is 2.07. The Morgan fingerprint density at radius 2 is 2.00 bits per heavy atom. The van der Waals surface area contributed by atoms with Crippen LogP contribution in [-0.4, -0.2) is 17.1 Å². The van der Waals surface area contributed by atoms with Gasteiger partial charge in [-0.3, -0.25) is 0 Å². The highest BCUT2D eigenvalue weighted by molar-refractivity contribution is 6.32. The quantitative estimate of drug-likeness (QED) is 0.897. The lowest BCUT2D eigenvalue weighted by Gasteiger charge is -2.10. The molecular weight excluding hydrogens is 250 g/mol. The summed E-state index contributed by atoms with van der Waals surface area (Å²) in [6.45, 7) is 4.41. The van der Waals surface area contributed by atoms with E-state index in [0.717, 1.165) is 11.3 Å². The maximum atomic E-state index is 6.15. The highest BCUT2D eigenvalue weighted by Gasteiger charge is 2.15. The molecule has 0 atom stereocenters. The summed E-state index contributed by atoms with van der Waals surface area (Å²) >= 11 is 6.15.